The summed E-state index contributed by atoms with van der Waals surface area (Å²) in [7, 11) is 0. The van der Waals surface area contributed by atoms with Gasteiger partial charge in [0.05, 0.1) is 45.8 Å². The molecule has 0 radical (unpaired) electrons. The van der Waals surface area contributed by atoms with Gasteiger partial charge in [-0.15, -0.1) is 11.3 Å². The van der Waals surface area contributed by atoms with E-state index < -0.39 is 72.0 Å². The number of hydrogen-bond acceptors (Lipinski definition) is 17. The molecule has 2 aliphatic rings. The van der Waals surface area contributed by atoms with Gasteiger partial charge in [-0.1, -0.05) is 62.7 Å². The summed E-state index contributed by atoms with van der Waals surface area (Å²) in [6.07, 6.45) is -4.16. The van der Waals surface area contributed by atoms with Gasteiger partial charge in [0, 0.05) is 38.7 Å². The Bertz CT molecular complexity index is 2630. The minimum atomic E-state index is -1.48. The van der Waals surface area contributed by atoms with Gasteiger partial charge in [-0.25, -0.2) is 15.0 Å². The van der Waals surface area contributed by atoms with Crippen molar-refractivity contribution in [1.82, 2.24) is 35.1 Å². The molecule has 2 aromatic carbocycles. The van der Waals surface area contributed by atoms with Gasteiger partial charge in [0.25, 0.3) is 0 Å². The first kappa shape index (κ1) is 52.2. The Hall–Kier alpha value is -5.62. The molecule has 0 spiro atoms. The molecule has 20 nitrogen and oxygen atoms in total. The number of likely N-dealkylation sites (tertiary alicyclic amines) is 1. The number of β-amino-alcohol motifs (C(OH)–C–C–N with tert-alkyl or cyclic N) is 1. The Balaban J connectivity index is 0.793. The summed E-state index contributed by atoms with van der Waals surface area (Å²) >= 11 is 7.90. The summed E-state index contributed by atoms with van der Waals surface area (Å²) in [5.41, 5.74) is 10.5. The second kappa shape index (κ2) is 23.1. The SMILES string of the molecule is Cc1ncsc1-c1ccc(CNC(=O)[C@@H]2C[C@@H](O)CN2C(=O)[C@@H](NC(=O)COCCOCCCC(=O)COc2cc([C@@H](O)[C@H]3O[C@@H](n4ccc5c(N)ncnc54)[C@H](O)[C@@H]3O)ccc2Cl)C(C)(C)C)cc1. The van der Waals surface area contributed by atoms with Crippen LogP contribution in [-0.4, -0.2) is 144 Å². The molecule has 8 N–H and O–H groups in total. The minimum absolute atomic E-state index is 0.0538. The molecule has 0 unspecified atom stereocenters. The smallest absolute Gasteiger partial charge is 0.246 e. The van der Waals surface area contributed by atoms with Gasteiger partial charge >= 0.3 is 0 Å². The standard InChI is InChI=1S/C48H59ClN8O12S/c1-26-41(70-25-54-26)28-9-7-27(8-10-28)20-51-45(64)34-19-31(59)21-57(34)46(65)42(48(2,3)4)55-36(60)23-67-17-16-66-15-5-6-30(58)22-68-35-18-29(11-12-33(35)49)37(61)40-38(62)39(63)47(69-40)56-14-13-32-43(50)52-24-53-44(32)56/h7-14,18,24-25,31,34,37-40,42,47,59,61-63H,5-6,15-17,19-23H2,1-4H3,(H,51,64)(H,55,60)(H2,50,52,53)/t31-,34+,37-,38+,39-,40-,42-,47-/m1/s1. The minimum Gasteiger partial charge on any atom is -0.484 e. The van der Waals surface area contributed by atoms with Crippen LogP contribution in [0.2, 0.25) is 5.02 Å². The van der Waals surface area contributed by atoms with Crippen LogP contribution in [0.4, 0.5) is 5.82 Å². The number of anilines is 1. The normalized spacial score (nSPS) is 21.2. The average Bonchev–Trinajstić information content (AvgIpc) is 4.13. The van der Waals surface area contributed by atoms with Crippen LogP contribution in [0.5, 0.6) is 5.75 Å². The van der Waals surface area contributed by atoms with Crippen LogP contribution in [0.1, 0.15) is 69.2 Å². The summed E-state index contributed by atoms with van der Waals surface area (Å²) in [4.78, 5) is 68.0. The van der Waals surface area contributed by atoms with Gasteiger partial charge in [0.2, 0.25) is 17.7 Å². The lowest BCUT2D eigenvalue weighted by Gasteiger charge is -2.35. The maximum absolute atomic E-state index is 14.0. The van der Waals surface area contributed by atoms with E-state index in [0.29, 0.717) is 17.5 Å². The highest BCUT2D eigenvalue weighted by molar-refractivity contribution is 7.13. The van der Waals surface area contributed by atoms with Crippen molar-refractivity contribution in [3.63, 3.8) is 0 Å². The van der Waals surface area contributed by atoms with Crippen molar-refractivity contribution in [2.24, 2.45) is 5.41 Å². The van der Waals surface area contributed by atoms with Crippen molar-refractivity contribution < 1.29 is 58.6 Å². The number of thiazole rings is 1. The molecular weight excluding hydrogens is 948 g/mol. The van der Waals surface area contributed by atoms with Gasteiger partial charge in [0.15, 0.2) is 12.0 Å². The fourth-order valence-corrected chi connectivity index (χ4v) is 9.33. The lowest BCUT2D eigenvalue weighted by atomic mass is 9.85. The number of carbonyl (C=O) groups excluding carboxylic acids is 4. The molecule has 5 heterocycles. The zero-order valence-electron chi connectivity index (χ0n) is 39.2. The van der Waals surface area contributed by atoms with E-state index in [-0.39, 0.29) is 86.9 Å². The first-order chi connectivity index (χ1) is 33.4. The third kappa shape index (κ3) is 12.5. The molecule has 2 saturated heterocycles. The number of nitrogen functional groups attached to an aromatic ring is 1. The van der Waals surface area contributed by atoms with Crippen molar-refractivity contribution in [2.75, 3.05) is 45.3 Å². The molecule has 376 valence electrons. The van der Waals surface area contributed by atoms with E-state index in [9.17, 15) is 39.6 Å². The van der Waals surface area contributed by atoms with Crippen LogP contribution >= 0.6 is 22.9 Å². The van der Waals surface area contributed by atoms with Gasteiger partial charge in [0.1, 0.15) is 73.3 Å². The van der Waals surface area contributed by atoms with Crippen LogP contribution in [0.25, 0.3) is 21.5 Å². The first-order valence-electron chi connectivity index (χ1n) is 22.8. The summed E-state index contributed by atoms with van der Waals surface area (Å²) in [6, 6.07) is 11.9. The van der Waals surface area contributed by atoms with E-state index in [0.717, 1.165) is 21.7 Å². The number of halogens is 1. The number of nitrogens with zero attached hydrogens (tertiary/aromatic N) is 5. The van der Waals surface area contributed by atoms with Crippen molar-refractivity contribution in [3.8, 4) is 16.2 Å². The van der Waals surface area contributed by atoms with Crippen molar-refractivity contribution in [2.45, 2.75) is 102 Å². The Morgan fingerprint density at radius 3 is 2.47 bits per heavy atom. The molecule has 5 aromatic rings. The first-order valence-corrected chi connectivity index (χ1v) is 24.1. The lowest BCUT2D eigenvalue weighted by Crippen LogP contribution is -2.58. The Morgan fingerprint density at radius 1 is 0.986 bits per heavy atom. The van der Waals surface area contributed by atoms with Crippen molar-refractivity contribution in [3.05, 3.63) is 88.4 Å². The van der Waals surface area contributed by atoms with Gasteiger partial charge in [-0.2, -0.15) is 0 Å². The van der Waals surface area contributed by atoms with Gasteiger partial charge in [-0.3, -0.25) is 19.2 Å². The number of hydrogen-bond donors (Lipinski definition) is 7. The highest BCUT2D eigenvalue weighted by Crippen LogP contribution is 2.39. The van der Waals surface area contributed by atoms with Crippen LogP contribution in [0, 0.1) is 12.3 Å². The predicted octanol–water partition coefficient (Wildman–Crippen LogP) is 3.02. The Kier molecular flexibility index (Phi) is 17.2. The zero-order chi connectivity index (χ0) is 50.3. The summed E-state index contributed by atoms with van der Waals surface area (Å²) in [5, 5.41) is 49.9. The molecular formula is C48H59ClN8O12S. The van der Waals surface area contributed by atoms with E-state index in [1.54, 1.807) is 49.9 Å². The van der Waals surface area contributed by atoms with E-state index in [4.69, 9.17) is 36.3 Å². The quantitative estimate of drug-likeness (QED) is 0.0520. The van der Waals surface area contributed by atoms with E-state index in [2.05, 4.69) is 25.6 Å². The number of aromatic nitrogens is 4. The second-order valence-electron chi connectivity index (χ2n) is 18.4. The maximum atomic E-state index is 14.0. The number of rotatable bonds is 21. The third-order valence-electron chi connectivity index (χ3n) is 12.1. The Morgan fingerprint density at radius 2 is 1.74 bits per heavy atom. The number of ether oxygens (including phenoxy) is 4. The fourth-order valence-electron chi connectivity index (χ4n) is 8.35. The maximum Gasteiger partial charge on any atom is 0.246 e. The van der Waals surface area contributed by atoms with Crippen LogP contribution in [0.15, 0.2) is 66.6 Å². The molecule has 7 rings (SSSR count). The predicted molar refractivity (Wildman–Crippen MR) is 257 cm³/mol. The molecule has 2 fully saturated rings. The number of benzene rings is 2. The fraction of sp³-hybridized carbons (Fsp3) is 0.479. The number of carbonyl (C=O) groups is 4. The van der Waals surface area contributed by atoms with E-state index >= 15 is 0 Å². The number of aliphatic hydroxyl groups excluding tert-OH is 4. The average molecular weight is 1010 g/mol. The molecule has 3 amide bonds. The molecule has 0 saturated carbocycles. The zero-order valence-corrected chi connectivity index (χ0v) is 40.8. The Labute approximate surface area is 413 Å². The number of nitrogens with one attached hydrogen (secondary N) is 2. The van der Waals surface area contributed by atoms with Gasteiger partial charge in [-0.05, 0) is 53.6 Å². The molecule has 2 aliphatic heterocycles. The van der Waals surface area contributed by atoms with E-state index in [1.165, 1.54) is 34.0 Å². The lowest BCUT2D eigenvalue weighted by molar-refractivity contribution is -0.144. The molecule has 3 aromatic heterocycles. The molecule has 22 heteroatoms. The number of aliphatic hydroxyl groups is 4. The monoisotopic (exact) mass is 1010 g/mol. The van der Waals surface area contributed by atoms with Crippen molar-refractivity contribution >= 4 is 63.3 Å². The second-order valence-corrected chi connectivity index (χ2v) is 19.6. The number of ketones is 1. The van der Waals surface area contributed by atoms with Crippen LogP contribution in [-0.2, 0) is 39.9 Å². The van der Waals surface area contributed by atoms with Gasteiger partial charge < -0.3 is 65.2 Å². The summed E-state index contributed by atoms with van der Waals surface area (Å²) in [6.45, 7) is 7.24. The number of nitrogens with two attached hydrogens (primary N) is 1. The topological polar surface area (TPSA) is 283 Å². The van der Waals surface area contributed by atoms with Crippen LogP contribution in [0.3, 0.4) is 0 Å². The molecule has 8 atom stereocenters. The summed E-state index contributed by atoms with van der Waals surface area (Å²) in [5.74, 6) is -1.33. The van der Waals surface area contributed by atoms with Crippen molar-refractivity contribution in [1.29, 1.82) is 0 Å². The largest absolute Gasteiger partial charge is 0.484 e. The number of amides is 3. The third-order valence-corrected chi connectivity index (χ3v) is 13.4. The number of Topliss-reactive ketones (excluding diaryl/α,β-unsaturated/α-hetero) is 1. The summed E-state index contributed by atoms with van der Waals surface area (Å²) < 4.78 is 24.3. The highest BCUT2D eigenvalue weighted by Gasteiger charge is 2.48. The van der Waals surface area contributed by atoms with E-state index in [1.807, 2.05) is 31.2 Å². The molecule has 70 heavy (non-hydrogen) atoms. The number of fused-ring (bicyclic) bond motifs is 1. The molecule has 0 aliphatic carbocycles. The number of aryl methyl sites for hydroxylation is 1. The highest BCUT2D eigenvalue weighted by atomic mass is 35.5. The van der Waals surface area contributed by atoms with Crippen LogP contribution < -0.4 is 21.1 Å². The molecule has 0 bridgehead atoms.